The Bertz CT molecular complexity index is 33.2. The van der Waals surface area contributed by atoms with Gasteiger partial charge >= 0.3 is 0 Å². The summed E-state index contributed by atoms with van der Waals surface area (Å²) in [4.78, 5) is 0. The highest BCUT2D eigenvalue weighted by Gasteiger charge is 1.61. The minimum atomic E-state index is 0.647. The lowest BCUT2D eigenvalue weighted by atomic mass is 10.4. The Morgan fingerprint density at radius 1 is 1.50 bits per heavy atom. The summed E-state index contributed by atoms with van der Waals surface area (Å²) < 4.78 is 0. The highest BCUT2D eigenvalue weighted by atomic mass is 35.5. The molecule has 0 atom stereocenters. The molecular formula is C5H9Cl. The predicted molar refractivity (Wildman–Crippen MR) is 30.2 cm³/mol. The van der Waals surface area contributed by atoms with Crippen molar-refractivity contribution >= 4 is 11.6 Å². The van der Waals surface area contributed by atoms with Crippen LogP contribution in [0.25, 0.3) is 0 Å². The van der Waals surface area contributed by atoms with Crippen LogP contribution < -0.4 is 0 Å². The van der Waals surface area contributed by atoms with Gasteiger partial charge in [0.1, 0.15) is 0 Å². The first kappa shape index (κ1) is 6.03. The quantitative estimate of drug-likeness (QED) is 0.372. The molecule has 0 aromatic rings. The van der Waals surface area contributed by atoms with Crippen LogP contribution >= 0.6 is 11.6 Å². The number of alkyl halides is 1. The highest BCUT2D eigenvalue weighted by Crippen LogP contribution is 1.80. The van der Waals surface area contributed by atoms with Crippen LogP contribution in [0.3, 0.4) is 0 Å². The molecule has 0 bridgehead atoms. The third-order valence-corrected chi connectivity index (χ3v) is 0.670. The van der Waals surface area contributed by atoms with E-state index in [1.165, 1.54) is 0 Å². The standard InChI is InChI=1S/C5H9Cl/c1-2-3-4-5-6/h3-4H,2,5H2,1H3/b4-3+. The first-order chi connectivity index (χ1) is 2.91. The monoisotopic (exact) mass is 104 g/mol. The van der Waals surface area contributed by atoms with Crippen LogP contribution in [-0.2, 0) is 0 Å². The van der Waals surface area contributed by atoms with E-state index < -0.39 is 0 Å². The van der Waals surface area contributed by atoms with Gasteiger partial charge in [-0.25, -0.2) is 0 Å². The summed E-state index contributed by atoms with van der Waals surface area (Å²) in [5.41, 5.74) is 0. The van der Waals surface area contributed by atoms with E-state index in [2.05, 4.69) is 6.92 Å². The molecule has 1 heteroatoms. The van der Waals surface area contributed by atoms with Crippen LogP contribution in [0.5, 0.6) is 0 Å². The molecule has 0 unspecified atom stereocenters. The van der Waals surface area contributed by atoms with Gasteiger partial charge in [0.05, 0.1) is 0 Å². The summed E-state index contributed by atoms with van der Waals surface area (Å²) in [6.07, 6.45) is 5.08. The normalized spacial score (nSPS) is 10.3. The van der Waals surface area contributed by atoms with Gasteiger partial charge in [0.2, 0.25) is 0 Å². The maximum atomic E-state index is 5.29. The van der Waals surface area contributed by atoms with Crippen molar-refractivity contribution in [3.8, 4) is 0 Å². The van der Waals surface area contributed by atoms with Crippen LogP contribution in [-0.4, -0.2) is 5.88 Å². The van der Waals surface area contributed by atoms with E-state index in [0.717, 1.165) is 6.42 Å². The van der Waals surface area contributed by atoms with E-state index >= 15 is 0 Å². The first-order valence-electron chi connectivity index (χ1n) is 2.12. The molecule has 0 spiro atoms. The predicted octanol–water partition coefficient (Wildman–Crippen LogP) is 2.19. The zero-order chi connectivity index (χ0) is 4.83. The summed E-state index contributed by atoms with van der Waals surface area (Å²) >= 11 is 5.29. The van der Waals surface area contributed by atoms with Crippen LogP contribution in [0, 0.1) is 0 Å². The fourth-order valence-electron chi connectivity index (χ4n) is 0.230. The number of hydrogen-bond acceptors (Lipinski definition) is 0. The van der Waals surface area contributed by atoms with Crippen LogP contribution in [0.4, 0.5) is 0 Å². The van der Waals surface area contributed by atoms with Gasteiger partial charge in [-0.15, -0.1) is 11.6 Å². The molecule has 0 aromatic carbocycles. The van der Waals surface area contributed by atoms with Crippen LogP contribution in [0.15, 0.2) is 12.2 Å². The second-order valence-corrected chi connectivity index (χ2v) is 1.34. The molecule has 0 rings (SSSR count). The lowest BCUT2D eigenvalue weighted by Gasteiger charge is -1.71. The maximum Gasteiger partial charge on any atom is 0.0404 e. The Labute approximate surface area is 43.8 Å². The van der Waals surface area contributed by atoms with Gasteiger partial charge in [-0.2, -0.15) is 0 Å². The molecule has 0 fully saturated rings. The van der Waals surface area contributed by atoms with Gasteiger partial charge < -0.3 is 0 Å². The molecule has 0 radical (unpaired) electrons. The van der Waals surface area contributed by atoms with Gasteiger partial charge in [0.15, 0.2) is 0 Å². The van der Waals surface area contributed by atoms with Crippen molar-refractivity contribution in [2.45, 2.75) is 13.3 Å². The number of allylic oxidation sites excluding steroid dienone is 2. The van der Waals surface area contributed by atoms with E-state index in [1.807, 2.05) is 12.2 Å². The number of rotatable bonds is 2. The highest BCUT2D eigenvalue weighted by molar-refractivity contribution is 6.18. The van der Waals surface area contributed by atoms with Gasteiger partial charge in [0.25, 0.3) is 0 Å². The Balaban J connectivity index is 2.73. The minimum Gasteiger partial charge on any atom is -0.122 e. The molecule has 0 aliphatic rings. The van der Waals surface area contributed by atoms with Crippen molar-refractivity contribution in [3.63, 3.8) is 0 Å². The lowest BCUT2D eigenvalue weighted by Crippen LogP contribution is -1.56. The molecule has 0 aromatic heterocycles. The molecule has 0 amide bonds. The lowest BCUT2D eigenvalue weighted by molar-refractivity contribution is 1.22. The average Bonchev–Trinajstić information content (AvgIpc) is 1.61. The van der Waals surface area contributed by atoms with Gasteiger partial charge in [-0.3, -0.25) is 0 Å². The molecule has 0 aliphatic carbocycles. The summed E-state index contributed by atoms with van der Waals surface area (Å²) in [5.74, 6) is 0.647. The Kier molecular flexibility index (Phi) is 5.06. The first-order valence-corrected chi connectivity index (χ1v) is 2.66. The van der Waals surface area contributed by atoms with Crippen molar-refractivity contribution in [3.05, 3.63) is 12.2 Å². The van der Waals surface area contributed by atoms with Gasteiger partial charge in [0, 0.05) is 5.88 Å². The summed E-state index contributed by atoms with van der Waals surface area (Å²) in [5, 5.41) is 0. The molecule has 0 saturated carbocycles. The summed E-state index contributed by atoms with van der Waals surface area (Å²) in [7, 11) is 0. The zero-order valence-corrected chi connectivity index (χ0v) is 4.70. The Hall–Kier alpha value is 0.0300. The third kappa shape index (κ3) is 4.03. The largest absolute Gasteiger partial charge is 0.122 e. The molecule has 0 heterocycles. The fourth-order valence-corrected chi connectivity index (χ4v) is 0.356. The van der Waals surface area contributed by atoms with Crippen LogP contribution in [0.2, 0.25) is 0 Å². The fraction of sp³-hybridized carbons (Fsp3) is 0.600. The zero-order valence-electron chi connectivity index (χ0n) is 3.95. The molecule has 0 nitrogen and oxygen atoms in total. The Morgan fingerprint density at radius 2 is 2.17 bits per heavy atom. The second-order valence-electron chi connectivity index (χ2n) is 1.03. The van der Waals surface area contributed by atoms with Crippen molar-refractivity contribution in [2.75, 3.05) is 5.88 Å². The SMILES string of the molecule is CC/C=C/CCl. The summed E-state index contributed by atoms with van der Waals surface area (Å²) in [6.45, 7) is 2.09. The second kappa shape index (κ2) is 5.03. The number of halogens is 1. The molecule has 6 heavy (non-hydrogen) atoms. The maximum absolute atomic E-state index is 5.29. The van der Waals surface area contributed by atoms with Crippen molar-refractivity contribution in [2.24, 2.45) is 0 Å². The topological polar surface area (TPSA) is 0 Å². The van der Waals surface area contributed by atoms with E-state index in [0.29, 0.717) is 5.88 Å². The van der Waals surface area contributed by atoms with E-state index in [9.17, 15) is 0 Å². The number of hydrogen-bond donors (Lipinski definition) is 0. The van der Waals surface area contributed by atoms with Gasteiger partial charge in [-0.05, 0) is 6.42 Å². The molecule has 0 aliphatic heterocycles. The van der Waals surface area contributed by atoms with Crippen molar-refractivity contribution < 1.29 is 0 Å². The van der Waals surface area contributed by atoms with Crippen molar-refractivity contribution in [1.29, 1.82) is 0 Å². The summed E-state index contributed by atoms with van der Waals surface area (Å²) in [6, 6.07) is 0. The Morgan fingerprint density at radius 3 is 2.33 bits per heavy atom. The molecular weight excluding hydrogens is 95.5 g/mol. The van der Waals surface area contributed by atoms with Crippen LogP contribution in [0.1, 0.15) is 13.3 Å². The van der Waals surface area contributed by atoms with Crippen molar-refractivity contribution in [1.82, 2.24) is 0 Å². The average molecular weight is 105 g/mol. The van der Waals surface area contributed by atoms with E-state index in [-0.39, 0.29) is 0 Å². The smallest absolute Gasteiger partial charge is 0.0404 e. The minimum absolute atomic E-state index is 0.647. The molecule has 36 valence electrons. The van der Waals surface area contributed by atoms with E-state index in [4.69, 9.17) is 11.6 Å². The third-order valence-electron chi connectivity index (χ3n) is 0.491. The van der Waals surface area contributed by atoms with E-state index in [1.54, 1.807) is 0 Å². The van der Waals surface area contributed by atoms with Gasteiger partial charge in [-0.1, -0.05) is 19.1 Å². The molecule has 0 saturated heterocycles. The molecule has 0 N–H and O–H groups in total.